The number of hydrogen-bond acceptors (Lipinski definition) is 3. The van der Waals surface area contributed by atoms with Crippen molar-refractivity contribution in [2.75, 3.05) is 6.61 Å². The molecule has 0 saturated carbocycles. The molecule has 0 unspecified atom stereocenters. The predicted molar refractivity (Wildman–Crippen MR) is 119 cm³/mol. The van der Waals surface area contributed by atoms with E-state index in [0.29, 0.717) is 13.0 Å². The SMILES string of the molecule is CC.Cc1c[c-]c(C)c([C@H]2O[C@@H](c3ccccc3)OC[C@H]2C/C=C\CCC(=O)O)c1.[Y].[Y].[Y].[Y].[Y].[Y].[Y].[Y].[Y].[Y].[Y].[Y].[Y].[Y]. The molecule has 1 aliphatic heterocycles. The summed E-state index contributed by atoms with van der Waals surface area (Å²) in [6.07, 6.45) is 4.96. The maximum atomic E-state index is 10.7. The first kappa shape index (κ1) is 92.3. The second-order valence-corrected chi connectivity index (χ2v) is 7.29. The van der Waals surface area contributed by atoms with E-state index in [1.54, 1.807) is 0 Å². The quantitative estimate of drug-likeness (QED) is 0.261. The maximum Gasteiger partial charge on any atom is 0.303 e. The average Bonchev–Trinajstić information content (AvgIpc) is 2.77. The Kier molecular flexibility index (Phi) is 127. The van der Waals surface area contributed by atoms with Gasteiger partial charge >= 0.3 is 5.97 Å². The van der Waals surface area contributed by atoms with Gasteiger partial charge in [-0.3, -0.25) is 4.79 Å². The van der Waals surface area contributed by atoms with Gasteiger partial charge in [-0.25, -0.2) is 0 Å². The van der Waals surface area contributed by atoms with Crippen LogP contribution in [-0.4, -0.2) is 17.7 Å². The number of aliphatic carboxylic acids is 1. The van der Waals surface area contributed by atoms with Crippen molar-refractivity contribution in [3.63, 3.8) is 0 Å². The molecule has 204 valence electrons. The number of benzene rings is 2. The van der Waals surface area contributed by atoms with Crippen molar-refractivity contribution in [2.24, 2.45) is 5.92 Å². The van der Waals surface area contributed by atoms with Crippen LogP contribution in [0.4, 0.5) is 0 Å². The second-order valence-electron chi connectivity index (χ2n) is 7.29. The molecule has 0 aliphatic carbocycles. The van der Waals surface area contributed by atoms with E-state index in [9.17, 15) is 4.79 Å². The zero-order chi connectivity index (χ0) is 21.9. The zero-order valence-corrected chi connectivity index (χ0v) is 66.2. The number of carboxylic acids is 1. The van der Waals surface area contributed by atoms with Crippen LogP contribution >= 0.6 is 0 Å². The molecular formula is C26H33O4Y14-. The van der Waals surface area contributed by atoms with Gasteiger partial charge in [0.05, 0.1) is 6.61 Å². The Morgan fingerprint density at radius 1 is 0.841 bits per heavy atom. The third-order valence-electron chi connectivity index (χ3n) is 5.00. The van der Waals surface area contributed by atoms with Crippen molar-refractivity contribution >= 4 is 5.97 Å². The van der Waals surface area contributed by atoms with Gasteiger partial charge in [0.2, 0.25) is 0 Å². The van der Waals surface area contributed by atoms with Gasteiger partial charge in [0, 0.05) is 482 Å². The minimum absolute atomic E-state index is 0. The van der Waals surface area contributed by atoms with E-state index in [1.165, 1.54) is 0 Å². The molecule has 44 heavy (non-hydrogen) atoms. The van der Waals surface area contributed by atoms with E-state index in [1.807, 2.05) is 62.4 Å². The van der Waals surface area contributed by atoms with Crippen molar-refractivity contribution in [1.29, 1.82) is 0 Å². The summed E-state index contributed by atoms with van der Waals surface area (Å²) in [5, 5.41) is 8.77. The molecule has 1 heterocycles. The molecule has 0 bridgehead atoms. The number of carbonyl (C=O) groups is 1. The van der Waals surface area contributed by atoms with Gasteiger partial charge in [-0.05, 0) is 12.8 Å². The molecule has 1 N–H and O–H groups in total. The molecule has 0 spiro atoms. The standard InChI is InChI=1S/C24H27O4.C2H6.14Y/c1-17-13-14-18(2)21(15-17)23-20(11-7-4-8-12-22(25)26)16-27-24(28-23)19-9-5-3-6-10-19;1-2;;;;;;;;;;;;;;/h3-7,9-10,13,15,20,23-24H,8,11-12,16H2,1-2H3,(H,25,26);1-2H3;;;;;;;;;;;;;;/q-1;;;;;;;;;;;;;;;/b7-4-;;;;;;;;;;;;;;;/t20-,23+,24+;;;;;;;;;;;;;;;/m1.............../s1. The first-order valence-corrected chi connectivity index (χ1v) is 10.7. The fraction of sp³-hybridized carbons (Fsp3) is 0.423. The Labute approximate surface area is 619 Å². The fourth-order valence-electron chi connectivity index (χ4n) is 3.48. The Balaban J connectivity index is -0.0000000535. The number of ether oxygens (including phenoxy) is 2. The number of carboxylic acid groups (broad SMARTS) is 1. The Bertz CT molecular complexity index is 853. The van der Waals surface area contributed by atoms with Gasteiger partial charge < -0.3 is 14.6 Å². The summed E-state index contributed by atoms with van der Waals surface area (Å²) in [4.78, 5) is 10.7. The topological polar surface area (TPSA) is 55.8 Å². The van der Waals surface area contributed by atoms with Crippen molar-refractivity contribution in [3.05, 3.63) is 82.9 Å². The molecule has 14 radical (unpaired) electrons. The number of rotatable bonds is 7. The van der Waals surface area contributed by atoms with E-state index >= 15 is 0 Å². The van der Waals surface area contributed by atoms with Crippen molar-refractivity contribution in [1.82, 2.24) is 0 Å². The van der Waals surface area contributed by atoms with Crippen molar-refractivity contribution in [2.45, 2.75) is 59.4 Å². The summed E-state index contributed by atoms with van der Waals surface area (Å²) >= 11 is 0. The molecule has 1 fully saturated rings. The number of hydrogen-bond donors (Lipinski definition) is 1. The summed E-state index contributed by atoms with van der Waals surface area (Å²) in [6.45, 7) is 8.71. The molecule has 4 nitrogen and oxygen atoms in total. The number of aryl methyl sites for hydroxylation is 2. The van der Waals surface area contributed by atoms with Crippen LogP contribution in [0.5, 0.6) is 0 Å². The molecule has 0 aromatic heterocycles. The third-order valence-corrected chi connectivity index (χ3v) is 5.00. The van der Waals surface area contributed by atoms with Crippen molar-refractivity contribution in [3.8, 4) is 0 Å². The van der Waals surface area contributed by atoms with Crippen LogP contribution in [0, 0.1) is 25.8 Å². The maximum absolute atomic E-state index is 10.7. The van der Waals surface area contributed by atoms with E-state index in [0.717, 1.165) is 28.7 Å². The van der Waals surface area contributed by atoms with Gasteiger partial charge in [0.1, 0.15) is 0 Å². The zero-order valence-electron chi connectivity index (χ0n) is 26.5. The minimum atomic E-state index is -0.775. The first-order chi connectivity index (χ1) is 14.5. The predicted octanol–water partition coefficient (Wildman–Crippen LogP) is 6.31. The molecule has 18 heteroatoms. The molecule has 2 aromatic carbocycles. The Morgan fingerprint density at radius 3 is 1.82 bits per heavy atom. The average molecular weight is 1650 g/mol. The summed E-state index contributed by atoms with van der Waals surface area (Å²) in [6, 6.07) is 17.5. The molecule has 3 atom stereocenters. The molecule has 2 aromatic rings. The fourth-order valence-corrected chi connectivity index (χ4v) is 3.48. The summed E-state index contributed by atoms with van der Waals surface area (Å²) < 4.78 is 12.5. The van der Waals surface area contributed by atoms with Crippen molar-refractivity contribution < 1.29 is 477 Å². The van der Waals surface area contributed by atoms with Crippen LogP contribution in [0.2, 0.25) is 0 Å². The van der Waals surface area contributed by atoms with E-state index < -0.39 is 12.3 Å². The Hall–Kier alpha value is 13.0. The van der Waals surface area contributed by atoms with E-state index in [-0.39, 0.29) is 476 Å². The van der Waals surface area contributed by atoms with Gasteiger partial charge in [0.15, 0.2) is 6.29 Å². The molecule has 1 aliphatic rings. The molecule has 1 saturated heterocycles. The Morgan fingerprint density at radius 2 is 1.34 bits per heavy atom. The largest absolute Gasteiger partial charge is 0.481 e. The summed E-state index contributed by atoms with van der Waals surface area (Å²) in [5.74, 6) is -0.613. The second kappa shape index (κ2) is 60.3. The van der Waals surface area contributed by atoms with Crippen LogP contribution in [0.15, 0.2) is 54.6 Å². The number of allylic oxidation sites excluding steroid dienone is 2. The molecule has 3 rings (SSSR count). The van der Waals surface area contributed by atoms with Crippen LogP contribution in [0.3, 0.4) is 0 Å². The van der Waals surface area contributed by atoms with Gasteiger partial charge in [-0.1, -0.05) is 70.2 Å². The van der Waals surface area contributed by atoms with Gasteiger partial charge in [-0.15, -0.1) is 5.56 Å². The van der Waals surface area contributed by atoms with Crippen LogP contribution in [0.1, 0.15) is 67.8 Å². The monoisotopic (exact) mass is 1650 g/mol. The van der Waals surface area contributed by atoms with Crippen LogP contribution < -0.4 is 0 Å². The van der Waals surface area contributed by atoms with E-state index in [4.69, 9.17) is 14.6 Å². The summed E-state index contributed by atoms with van der Waals surface area (Å²) in [7, 11) is 0. The van der Waals surface area contributed by atoms with Crippen LogP contribution in [-0.2, 0) is 472 Å². The first-order valence-electron chi connectivity index (χ1n) is 10.7. The van der Waals surface area contributed by atoms with Crippen LogP contribution in [0.25, 0.3) is 0 Å². The van der Waals surface area contributed by atoms with Gasteiger partial charge in [-0.2, -0.15) is 29.3 Å². The van der Waals surface area contributed by atoms with Gasteiger partial charge in [0.25, 0.3) is 0 Å². The molecule has 0 amide bonds. The summed E-state index contributed by atoms with van der Waals surface area (Å²) in [5.41, 5.74) is 4.40. The molecular weight excluding hydrogens is 1620 g/mol. The normalized spacial score (nSPS) is 14.4. The minimum Gasteiger partial charge on any atom is -0.481 e. The van der Waals surface area contributed by atoms with E-state index in [2.05, 4.69) is 26.0 Å². The smallest absolute Gasteiger partial charge is 0.303 e. The third kappa shape index (κ3) is 40.4.